The molecule has 186 valence electrons. The molecule has 3 aliphatic rings. The minimum Gasteiger partial charge on any atom is -0.497 e. The molecule has 1 heterocycles. The topological polar surface area (TPSA) is 131 Å². The molecule has 2 aromatic carbocycles. The first-order valence-electron chi connectivity index (χ1n) is 11.9. The second kappa shape index (κ2) is 9.44. The number of nitrogens with one attached hydrogen (secondary N) is 2. The van der Waals surface area contributed by atoms with Gasteiger partial charge in [-0.25, -0.2) is 0 Å². The molecule has 2 aliphatic carbocycles. The van der Waals surface area contributed by atoms with E-state index < -0.39 is 10.8 Å². The van der Waals surface area contributed by atoms with E-state index in [1.165, 1.54) is 23.1 Å². The molecule has 2 N–H and O–H groups in total. The predicted octanol–water partition coefficient (Wildman–Crippen LogP) is 3.46. The van der Waals surface area contributed by atoms with Crippen LogP contribution < -0.4 is 15.4 Å². The number of carbonyl (C=O) groups is 3. The highest BCUT2D eigenvalue weighted by Gasteiger charge is 2.58. The summed E-state index contributed by atoms with van der Waals surface area (Å²) in [7, 11) is 1.54. The zero-order valence-corrected chi connectivity index (χ0v) is 19.7. The Hall–Kier alpha value is -4.21. The van der Waals surface area contributed by atoms with Crippen LogP contribution in [0.25, 0.3) is 0 Å². The number of fused-ring (bicyclic) bond motifs is 5. The molecule has 0 radical (unpaired) electrons. The number of nitro groups is 1. The molecular weight excluding hydrogens is 464 g/mol. The molecule has 0 aromatic heterocycles. The van der Waals surface area contributed by atoms with Gasteiger partial charge in [-0.05, 0) is 61.1 Å². The van der Waals surface area contributed by atoms with E-state index in [2.05, 4.69) is 22.8 Å². The van der Waals surface area contributed by atoms with Crippen molar-refractivity contribution >= 4 is 34.8 Å². The second-order valence-electron chi connectivity index (χ2n) is 9.28. The minimum atomic E-state index is -0.552. The van der Waals surface area contributed by atoms with Crippen LogP contribution in [0.1, 0.15) is 23.2 Å². The number of hydrogen-bond donors (Lipinski definition) is 2. The Morgan fingerprint density at radius 2 is 1.75 bits per heavy atom. The summed E-state index contributed by atoms with van der Waals surface area (Å²) in [5, 5.41) is 17.4. The molecule has 0 spiro atoms. The summed E-state index contributed by atoms with van der Waals surface area (Å²) >= 11 is 0. The van der Waals surface area contributed by atoms with Gasteiger partial charge in [0.05, 0.1) is 23.9 Å². The highest BCUT2D eigenvalue weighted by molar-refractivity contribution is 6.06. The Morgan fingerprint density at radius 1 is 1.08 bits per heavy atom. The maximum Gasteiger partial charge on any atom is 0.293 e. The van der Waals surface area contributed by atoms with Crippen molar-refractivity contribution < 1.29 is 24.0 Å². The third kappa shape index (κ3) is 4.19. The van der Waals surface area contributed by atoms with Crippen molar-refractivity contribution in [2.45, 2.75) is 12.8 Å². The fourth-order valence-electron chi connectivity index (χ4n) is 5.50. The molecular formula is C26H26N4O6. The number of carbonyl (C=O) groups excluding carboxylic acids is 3. The van der Waals surface area contributed by atoms with Gasteiger partial charge < -0.3 is 15.4 Å². The lowest BCUT2D eigenvalue weighted by Gasteiger charge is -2.17. The lowest BCUT2D eigenvalue weighted by molar-refractivity contribution is -0.384. The van der Waals surface area contributed by atoms with Crippen LogP contribution in [0, 0.1) is 33.8 Å². The van der Waals surface area contributed by atoms with E-state index in [0.717, 1.165) is 6.42 Å². The van der Waals surface area contributed by atoms with Gasteiger partial charge in [-0.3, -0.25) is 29.4 Å². The number of nitro benzene ring substituents is 1. The quantitative estimate of drug-likeness (QED) is 0.181. The van der Waals surface area contributed by atoms with Crippen molar-refractivity contribution in [2.24, 2.45) is 23.7 Å². The van der Waals surface area contributed by atoms with Gasteiger partial charge in [0.1, 0.15) is 11.4 Å². The monoisotopic (exact) mass is 490 g/mol. The number of rotatable bonds is 9. The normalized spacial score (nSPS) is 23.6. The van der Waals surface area contributed by atoms with E-state index >= 15 is 0 Å². The molecule has 10 heteroatoms. The van der Waals surface area contributed by atoms with Gasteiger partial charge in [-0.15, -0.1) is 0 Å². The fourth-order valence-corrected chi connectivity index (χ4v) is 5.50. The van der Waals surface area contributed by atoms with Crippen molar-refractivity contribution in [1.29, 1.82) is 0 Å². The second-order valence-corrected chi connectivity index (χ2v) is 9.28. The lowest BCUT2D eigenvalue weighted by Crippen LogP contribution is -2.34. The van der Waals surface area contributed by atoms with Crippen LogP contribution in [0.5, 0.6) is 5.75 Å². The van der Waals surface area contributed by atoms with E-state index in [-0.39, 0.29) is 59.0 Å². The third-order valence-electron chi connectivity index (χ3n) is 7.24. The molecule has 4 unspecified atom stereocenters. The summed E-state index contributed by atoms with van der Waals surface area (Å²) < 4.78 is 5.09. The average molecular weight is 491 g/mol. The standard InChI is InChI=1S/C26H26N4O6/c1-36-19-8-6-18(7-9-19)28-24(31)17-5-10-20(21(14-17)30(34)35)27-11-2-12-29-25(32)22-15-3-4-16(13-15)23(22)26(29)33/h3-10,14-16,22-23,27H,2,11-13H2,1H3,(H,28,31). The molecule has 10 nitrogen and oxygen atoms in total. The van der Waals surface area contributed by atoms with Gasteiger partial charge in [-0.1, -0.05) is 12.2 Å². The summed E-state index contributed by atoms with van der Waals surface area (Å²) in [6.45, 7) is 0.600. The molecule has 4 atom stereocenters. The molecule has 2 bridgehead atoms. The highest BCUT2D eigenvalue weighted by Crippen LogP contribution is 2.52. The maximum atomic E-state index is 12.8. The largest absolute Gasteiger partial charge is 0.497 e. The van der Waals surface area contributed by atoms with Crippen LogP contribution in [0.2, 0.25) is 0 Å². The fraction of sp³-hybridized carbons (Fsp3) is 0.346. The molecule has 1 saturated carbocycles. The number of nitrogens with zero attached hydrogens (tertiary/aromatic N) is 2. The van der Waals surface area contributed by atoms with Gasteiger partial charge in [-0.2, -0.15) is 0 Å². The van der Waals surface area contributed by atoms with Crippen molar-refractivity contribution in [3.05, 3.63) is 70.3 Å². The molecule has 36 heavy (non-hydrogen) atoms. The van der Waals surface area contributed by atoms with Gasteiger partial charge in [0.15, 0.2) is 0 Å². The minimum absolute atomic E-state index is 0.0972. The maximum absolute atomic E-state index is 12.8. The zero-order chi connectivity index (χ0) is 25.4. The smallest absolute Gasteiger partial charge is 0.293 e. The highest BCUT2D eigenvalue weighted by atomic mass is 16.6. The van der Waals surface area contributed by atoms with Gasteiger partial charge in [0.2, 0.25) is 11.8 Å². The Labute approximate surface area is 207 Å². The summed E-state index contributed by atoms with van der Waals surface area (Å²) in [5.41, 5.74) is 0.706. The number of allylic oxidation sites excluding steroid dienone is 2. The lowest BCUT2D eigenvalue weighted by atomic mass is 9.85. The summed E-state index contributed by atoms with van der Waals surface area (Å²) in [6, 6.07) is 11.0. The van der Waals surface area contributed by atoms with Crippen molar-refractivity contribution in [3.63, 3.8) is 0 Å². The molecule has 1 aliphatic heterocycles. The van der Waals surface area contributed by atoms with E-state index in [0.29, 0.717) is 24.4 Å². The summed E-state index contributed by atoms with van der Waals surface area (Å²) in [6.07, 6.45) is 5.46. The molecule has 2 fully saturated rings. The SMILES string of the molecule is COc1ccc(NC(=O)c2ccc(NCCCN3C(=O)C4C5C=CC(C5)C4C3=O)c([N+](=O)[O-])c2)cc1. The van der Waals surface area contributed by atoms with Crippen LogP contribution in [0.3, 0.4) is 0 Å². The van der Waals surface area contributed by atoms with Crippen LogP contribution in [-0.4, -0.2) is 47.7 Å². The van der Waals surface area contributed by atoms with Crippen LogP contribution >= 0.6 is 0 Å². The number of hydrogen-bond acceptors (Lipinski definition) is 7. The van der Waals surface area contributed by atoms with Crippen molar-refractivity contribution in [2.75, 3.05) is 30.8 Å². The van der Waals surface area contributed by atoms with Gasteiger partial charge in [0, 0.05) is 30.4 Å². The first kappa shape index (κ1) is 23.5. The number of benzene rings is 2. The number of methoxy groups -OCH3 is 1. The Kier molecular flexibility index (Phi) is 6.17. The molecule has 3 amide bonds. The first-order chi connectivity index (χ1) is 17.4. The van der Waals surface area contributed by atoms with Crippen LogP contribution in [0.15, 0.2) is 54.6 Å². The van der Waals surface area contributed by atoms with Crippen LogP contribution in [-0.2, 0) is 9.59 Å². The van der Waals surface area contributed by atoms with Crippen LogP contribution in [0.4, 0.5) is 17.1 Å². The van der Waals surface area contributed by atoms with Gasteiger partial charge >= 0.3 is 0 Å². The molecule has 5 rings (SSSR count). The number of amides is 3. The zero-order valence-electron chi connectivity index (χ0n) is 19.7. The predicted molar refractivity (Wildman–Crippen MR) is 132 cm³/mol. The Bertz CT molecular complexity index is 1230. The Morgan fingerprint density at radius 3 is 2.36 bits per heavy atom. The van der Waals surface area contributed by atoms with E-state index in [4.69, 9.17) is 4.74 Å². The number of anilines is 2. The summed E-state index contributed by atoms with van der Waals surface area (Å²) in [5.74, 6) is -0.138. The van der Waals surface area contributed by atoms with Gasteiger partial charge in [0.25, 0.3) is 11.6 Å². The number of likely N-dealkylation sites (tertiary alicyclic amines) is 1. The molecule has 1 saturated heterocycles. The number of imide groups is 1. The van der Waals surface area contributed by atoms with E-state index in [1.807, 2.05) is 0 Å². The third-order valence-corrected chi connectivity index (χ3v) is 7.24. The van der Waals surface area contributed by atoms with Crippen molar-refractivity contribution in [1.82, 2.24) is 4.90 Å². The van der Waals surface area contributed by atoms with Crippen molar-refractivity contribution in [3.8, 4) is 5.75 Å². The Balaban J connectivity index is 1.18. The number of ether oxygens (including phenoxy) is 1. The van der Waals surface area contributed by atoms with E-state index in [9.17, 15) is 24.5 Å². The average Bonchev–Trinajstić information content (AvgIpc) is 3.56. The first-order valence-corrected chi connectivity index (χ1v) is 11.9. The summed E-state index contributed by atoms with van der Waals surface area (Å²) in [4.78, 5) is 50.6. The van der Waals surface area contributed by atoms with E-state index in [1.54, 1.807) is 31.4 Å². The molecule has 2 aromatic rings.